The van der Waals surface area contributed by atoms with Crippen molar-refractivity contribution in [1.82, 2.24) is 4.57 Å². The lowest BCUT2D eigenvalue weighted by Gasteiger charge is -2.11. The van der Waals surface area contributed by atoms with Crippen LogP contribution in [0.1, 0.15) is 21.7 Å². The van der Waals surface area contributed by atoms with Gasteiger partial charge in [-0.25, -0.2) is 0 Å². The molecular weight excluding hydrogens is 439 g/mol. The second-order valence-corrected chi connectivity index (χ2v) is 7.52. The molecule has 0 aliphatic heterocycles. The number of carbonyl (C=O) groups excluding carboxylic acids is 1. The molecule has 0 amide bonds. The van der Waals surface area contributed by atoms with E-state index < -0.39 is 4.92 Å². The van der Waals surface area contributed by atoms with Crippen LogP contribution in [0, 0.1) is 24.0 Å². The van der Waals surface area contributed by atoms with Gasteiger partial charge in [-0.15, -0.1) is 0 Å². The van der Waals surface area contributed by atoms with Crippen LogP contribution >= 0.6 is 34.8 Å². The molecule has 3 rings (SSSR count). The first kappa shape index (κ1) is 21.2. The zero-order chi connectivity index (χ0) is 21.3. The Labute approximate surface area is 181 Å². The summed E-state index contributed by atoms with van der Waals surface area (Å²) in [4.78, 5) is 22.9. The third kappa shape index (κ3) is 4.40. The molecule has 1 heterocycles. The van der Waals surface area contributed by atoms with Crippen molar-refractivity contribution >= 4 is 46.3 Å². The lowest BCUT2D eigenvalue weighted by Crippen LogP contribution is -2.13. The van der Waals surface area contributed by atoms with Crippen LogP contribution in [0.3, 0.4) is 0 Å². The molecule has 6 nitrogen and oxygen atoms in total. The Balaban J connectivity index is 1.82. The Hall–Kier alpha value is -2.54. The van der Waals surface area contributed by atoms with Gasteiger partial charge in [-0.05, 0) is 44.2 Å². The molecule has 150 valence electrons. The number of nitro groups is 1. The molecule has 0 unspecified atom stereocenters. The lowest BCUT2D eigenvalue weighted by molar-refractivity contribution is -0.384. The molecule has 0 saturated carbocycles. The van der Waals surface area contributed by atoms with Gasteiger partial charge in [0.25, 0.3) is 5.69 Å². The van der Waals surface area contributed by atoms with Crippen molar-refractivity contribution in [2.45, 2.75) is 13.8 Å². The van der Waals surface area contributed by atoms with Crippen molar-refractivity contribution in [3.05, 3.63) is 84.6 Å². The first-order valence-corrected chi connectivity index (χ1v) is 9.56. The first-order valence-electron chi connectivity index (χ1n) is 8.43. The van der Waals surface area contributed by atoms with Crippen LogP contribution in [0.15, 0.2) is 42.5 Å². The van der Waals surface area contributed by atoms with Crippen LogP contribution in [0.25, 0.3) is 5.69 Å². The van der Waals surface area contributed by atoms with E-state index in [0.29, 0.717) is 15.6 Å². The highest BCUT2D eigenvalue weighted by Crippen LogP contribution is 2.30. The molecule has 0 N–H and O–H groups in total. The van der Waals surface area contributed by atoms with Crippen molar-refractivity contribution in [3.63, 3.8) is 0 Å². The number of aryl methyl sites for hydroxylation is 1. The minimum absolute atomic E-state index is 0.0632. The Kier molecular flexibility index (Phi) is 6.17. The maximum atomic E-state index is 12.7. The Morgan fingerprint density at radius 3 is 2.38 bits per heavy atom. The third-order valence-electron chi connectivity index (χ3n) is 4.38. The fourth-order valence-corrected chi connectivity index (χ4v) is 3.53. The SMILES string of the molecule is Cc1cc(C(=O)COc2ccc([N+](=O)[O-])cc2Cl)c(C)n1-c1ccc(Cl)c(Cl)c1. The van der Waals surface area contributed by atoms with E-state index in [2.05, 4.69) is 0 Å². The van der Waals surface area contributed by atoms with Gasteiger partial charge in [0.15, 0.2) is 6.61 Å². The summed E-state index contributed by atoms with van der Waals surface area (Å²) in [6.07, 6.45) is 0. The molecule has 2 aromatic carbocycles. The van der Waals surface area contributed by atoms with Gasteiger partial charge in [-0.1, -0.05) is 34.8 Å². The van der Waals surface area contributed by atoms with E-state index in [9.17, 15) is 14.9 Å². The maximum Gasteiger partial charge on any atom is 0.271 e. The first-order chi connectivity index (χ1) is 13.7. The standard InChI is InChI=1S/C20H15Cl3N2O4/c1-11-7-15(12(2)24(11)13-3-5-16(21)17(22)8-13)19(26)10-29-20-6-4-14(25(27)28)9-18(20)23/h3-9H,10H2,1-2H3. The van der Waals surface area contributed by atoms with Crippen LogP contribution in [-0.2, 0) is 0 Å². The Morgan fingerprint density at radius 2 is 1.76 bits per heavy atom. The van der Waals surface area contributed by atoms with Gasteiger partial charge in [-0.3, -0.25) is 14.9 Å². The molecule has 0 spiro atoms. The highest BCUT2D eigenvalue weighted by molar-refractivity contribution is 6.42. The molecule has 0 atom stereocenters. The average Bonchev–Trinajstić information content (AvgIpc) is 2.97. The Bertz CT molecular complexity index is 1130. The van der Waals surface area contributed by atoms with E-state index in [1.165, 1.54) is 18.2 Å². The fourth-order valence-electron chi connectivity index (χ4n) is 3.01. The van der Waals surface area contributed by atoms with Crippen molar-refractivity contribution in [2.75, 3.05) is 6.61 Å². The molecule has 0 aliphatic rings. The second-order valence-electron chi connectivity index (χ2n) is 6.30. The predicted octanol–water partition coefficient (Wildman–Crippen LogP) is 6.22. The summed E-state index contributed by atoms with van der Waals surface area (Å²) in [7, 11) is 0. The summed E-state index contributed by atoms with van der Waals surface area (Å²) in [5.41, 5.74) is 2.69. The summed E-state index contributed by atoms with van der Waals surface area (Å²) in [6, 6.07) is 10.8. The zero-order valence-electron chi connectivity index (χ0n) is 15.4. The van der Waals surface area contributed by atoms with Gasteiger partial charge in [0.05, 0.1) is 20.0 Å². The van der Waals surface area contributed by atoms with Crippen LogP contribution in [0.4, 0.5) is 5.69 Å². The smallest absolute Gasteiger partial charge is 0.271 e. The van der Waals surface area contributed by atoms with Gasteiger partial charge >= 0.3 is 0 Å². The van der Waals surface area contributed by atoms with E-state index in [4.69, 9.17) is 39.5 Å². The van der Waals surface area contributed by atoms with Crippen LogP contribution in [-0.4, -0.2) is 21.9 Å². The third-order valence-corrected chi connectivity index (χ3v) is 5.41. The molecule has 0 bridgehead atoms. The van der Waals surface area contributed by atoms with E-state index in [-0.39, 0.29) is 28.8 Å². The summed E-state index contributed by atoms with van der Waals surface area (Å²) in [6.45, 7) is 3.44. The number of Topliss-reactive ketones (excluding diaryl/α,β-unsaturated/α-hetero) is 1. The number of nitrogens with zero attached hydrogens (tertiary/aromatic N) is 2. The topological polar surface area (TPSA) is 74.4 Å². The highest BCUT2D eigenvalue weighted by atomic mass is 35.5. The zero-order valence-corrected chi connectivity index (χ0v) is 17.7. The van der Waals surface area contributed by atoms with E-state index >= 15 is 0 Å². The number of ether oxygens (including phenoxy) is 1. The predicted molar refractivity (Wildman–Crippen MR) is 113 cm³/mol. The minimum atomic E-state index is -0.557. The molecular formula is C20H15Cl3N2O4. The van der Waals surface area contributed by atoms with Gasteiger partial charge in [0, 0.05) is 34.8 Å². The summed E-state index contributed by atoms with van der Waals surface area (Å²) in [5.74, 6) is -0.0530. The lowest BCUT2D eigenvalue weighted by atomic mass is 10.1. The molecule has 9 heteroatoms. The number of halogens is 3. The number of hydrogen-bond donors (Lipinski definition) is 0. The van der Waals surface area contributed by atoms with E-state index in [0.717, 1.165) is 17.1 Å². The quantitative estimate of drug-likeness (QED) is 0.252. The minimum Gasteiger partial charge on any atom is -0.484 e. The number of benzene rings is 2. The van der Waals surface area contributed by atoms with Crippen LogP contribution in [0.2, 0.25) is 15.1 Å². The second kappa shape index (κ2) is 8.45. The van der Waals surface area contributed by atoms with Crippen molar-refractivity contribution in [2.24, 2.45) is 0 Å². The average molecular weight is 454 g/mol. The Morgan fingerprint density at radius 1 is 1.03 bits per heavy atom. The van der Waals surface area contributed by atoms with Crippen molar-refractivity contribution in [3.8, 4) is 11.4 Å². The molecule has 0 saturated heterocycles. The number of ketones is 1. The number of non-ortho nitro benzene ring substituents is 1. The number of carbonyl (C=O) groups is 1. The number of rotatable bonds is 6. The highest BCUT2D eigenvalue weighted by Gasteiger charge is 2.19. The molecule has 0 fully saturated rings. The van der Waals surface area contributed by atoms with Crippen LogP contribution < -0.4 is 4.74 Å². The normalized spacial score (nSPS) is 10.8. The van der Waals surface area contributed by atoms with Gasteiger partial charge < -0.3 is 9.30 Å². The molecule has 0 radical (unpaired) electrons. The fraction of sp³-hybridized carbons (Fsp3) is 0.150. The van der Waals surface area contributed by atoms with Gasteiger partial charge in [0.2, 0.25) is 5.78 Å². The van der Waals surface area contributed by atoms with Crippen LogP contribution in [0.5, 0.6) is 5.75 Å². The summed E-state index contributed by atoms with van der Waals surface area (Å²) in [5, 5.41) is 11.7. The largest absolute Gasteiger partial charge is 0.484 e. The van der Waals surface area contributed by atoms with Crippen molar-refractivity contribution in [1.29, 1.82) is 0 Å². The van der Waals surface area contributed by atoms with Gasteiger partial charge in [-0.2, -0.15) is 0 Å². The number of aromatic nitrogens is 1. The molecule has 29 heavy (non-hydrogen) atoms. The van der Waals surface area contributed by atoms with Gasteiger partial charge in [0.1, 0.15) is 5.75 Å². The summed E-state index contributed by atoms with van der Waals surface area (Å²) < 4.78 is 7.38. The van der Waals surface area contributed by atoms with E-state index in [1.54, 1.807) is 18.2 Å². The van der Waals surface area contributed by atoms with Crippen molar-refractivity contribution < 1.29 is 14.5 Å². The molecule has 0 aliphatic carbocycles. The number of nitro benzene ring substituents is 1. The molecule has 3 aromatic rings. The summed E-state index contributed by atoms with van der Waals surface area (Å²) >= 11 is 18.1. The molecule has 1 aromatic heterocycles. The maximum absolute atomic E-state index is 12.7. The number of hydrogen-bond acceptors (Lipinski definition) is 4. The monoisotopic (exact) mass is 452 g/mol. The van der Waals surface area contributed by atoms with E-state index in [1.807, 2.05) is 24.5 Å².